The molecule has 0 N–H and O–H groups in total. The van der Waals surface area contributed by atoms with E-state index in [9.17, 15) is 0 Å². The molecule has 4 rings (SSSR count). The Balaban J connectivity index is 1.78. The summed E-state index contributed by atoms with van der Waals surface area (Å²) in [5.41, 5.74) is 15.8. The van der Waals surface area contributed by atoms with Gasteiger partial charge in [0.1, 0.15) is 0 Å². The lowest BCUT2D eigenvalue weighted by atomic mass is 10.0. The lowest BCUT2D eigenvalue weighted by molar-refractivity contribution is 1.12. The summed E-state index contributed by atoms with van der Waals surface area (Å²) in [6.45, 7) is 17.6. The minimum Gasteiger partial charge on any atom is -0.137 e. The second kappa shape index (κ2) is 12.7. The molecule has 0 saturated heterocycles. The predicted molar refractivity (Wildman–Crippen MR) is 175 cm³/mol. The predicted octanol–water partition coefficient (Wildman–Crippen LogP) is 11.1. The quantitative estimate of drug-likeness (QED) is 0.218. The van der Waals surface area contributed by atoms with E-state index < -0.39 is 0 Å². The van der Waals surface area contributed by atoms with Crippen LogP contribution in [-0.2, 0) is 0 Å². The molecule has 4 aromatic rings. The van der Waals surface area contributed by atoms with Crippen LogP contribution in [0.5, 0.6) is 0 Å². The summed E-state index contributed by atoms with van der Waals surface area (Å²) in [5.74, 6) is 0. The van der Waals surface area contributed by atoms with Crippen molar-refractivity contribution in [2.45, 2.75) is 65.9 Å². The fourth-order valence-electron chi connectivity index (χ4n) is 5.30. The Hall–Kier alpha value is -3.29. The fraction of sp³-hybridized carbons (Fsp3) is 0.263. The molecule has 0 bridgehead atoms. The third-order valence-corrected chi connectivity index (χ3v) is 8.92. The van der Waals surface area contributed by atoms with Gasteiger partial charge in [-0.3, -0.25) is 0 Å². The molecule has 0 aliphatic carbocycles. The highest BCUT2D eigenvalue weighted by atomic mass is 32.2. The summed E-state index contributed by atoms with van der Waals surface area (Å²) in [7, 11) is 0. The van der Waals surface area contributed by atoms with E-state index in [0.29, 0.717) is 0 Å². The third-order valence-electron chi connectivity index (χ3n) is 7.51. The van der Waals surface area contributed by atoms with Crippen LogP contribution in [0.15, 0.2) is 84.9 Å². The molecule has 0 saturated carbocycles. The Labute approximate surface area is 240 Å². The highest BCUT2D eigenvalue weighted by Gasteiger charge is 2.20. The summed E-state index contributed by atoms with van der Waals surface area (Å²) in [6.07, 6.45) is 9.44. The van der Waals surface area contributed by atoms with Crippen molar-refractivity contribution in [2.75, 3.05) is 0 Å². The lowest BCUT2D eigenvalue weighted by Crippen LogP contribution is -2.01. The molecule has 4 aromatic carbocycles. The minimum atomic E-state index is 0.209. The van der Waals surface area contributed by atoms with E-state index in [2.05, 4.69) is 152 Å². The van der Waals surface area contributed by atoms with Crippen LogP contribution in [0.3, 0.4) is 0 Å². The van der Waals surface area contributed by atoms with Crippen molar-refractivity contribution < 1.29 is 0 Å². The van der Waals surface area contributed by atoms with Crippen molar-refractivity contribution in [1.82, 2.24) is 0 Å². The van der Waals surface area contributed by atoms with E-state index in [1.54, 1.807) is 0 Å². The van der Waals surface area contributed by atoms with Gasteiger partial charge >= 0.3 is 0 Å². The van der Waals surface area contributed by atoms with Gasteiger partial charge in [0.15, 0.2) is 0 Å². The van der Waals surface area contributed by atoms with Gasteiger partial charge in [0.2, 0.25) is 0 Å². The summed E-state index contributed by atoms with van der Waals surface area (Å²) in [6, 6.07) is 27.2. The van der Waals surface area contributed by atoms with Crippen LogP contribution < -0.4 is 0 Å². The molecule has 0 spiro atoms. The molecular weight excluding hydrogens is 488 g/mol. The Kier molecular flexibility index (Phi) is 9.36. The van der Waals surface area contributed by atoms with Crippen molar-refractivity contribution >= 4 is 23.9 Å². The smallest absolute Gasteiger partial charge is 0.0492 e. The molecule has 0 nitrogen and oxygen atoms in total. The number of benzene rings is 4. The molecule has 0 heterocycles. The fourth-order valence-corrected chi connectivity index (χ4v) is 6.78. The second-order valence-corrected chi connectivity index (χ2v) is 12.4. The van der Waals surface area contributed by atoms with Crippen molar-refractivity contribution in [3.63, 3.8) is 0 Å². The van der Waals surface area contributed by atoms with Crippen molar-refractivity contribution in [2.24, 2.45) is 0 Å². The van der Waals surface area contributed by atoms with E-state index in [-0.39, 0.29) is 10.5 Å². The Morgan fingerprint density at radius 1 is 0.436 bits per heavy atom. The Bertz CT molecular complexity index is 1400. The van der Waals surface area contributed by atoms with Gasteiger partial charge in [0.05, 0.1) is 0 Å². The van der Waals surface area contributed by atoms with Crippen molar-refractivity contribution in [3.8, 4) is 0 Å². The van der Waals surface area contributed by atoms with Crippen LogP contribution in [0.1, 0.15) is 77.3 Å². The molecular formula is C38H42S. The van der Waals surface area contributed by atoms with E-state index in [1.165, 1.54) is 66.8 Å². The standard InChI is InChI=1S/C38H42S/c1-25-9-13-33(29(5)21-25)15-19-37(35-17-11-27(3)23-31(35)7)39-38(36-18-12-28(4)24-32(36)8)20-16-34-14-10-26(2)22-30(34)6/h9-24,37-38H,1-8H3/b19-15-,20-16-. The highest BCUT2D eigenvalue weighted by Crippen LogP contribution is 2.45. The number of hydrogen-bond donors (Lipinski definition) is 0. The van der Waals surface area contributed by atoms with Gasteiger partial charge in [-0.05, 0) is 99.9 Å². The van der Waals surface area contributed by atoms with Gasteiger partial charge < -0.3 is 0 Å². The van der Waals surface area contributed by atoms with Gasteiger partial charge in [-0.2, -0.15) is 0 Å². The number of rotatable bonds is 8. The number of thioether (sulfide) groups is 1. The maximum absolute atomic E-state index is 2.40. The Morgan fingerprint density at radius 3 is 1.10 bits per heavy atom. The maximum Gasteiger partial charge on any atom is 0.0492 e. The highest BCUT2D eigenvalue weighted by molar-refractivity contribution is 8.00. The van der Waals surface area contributed by atoms with Crippen LogP contribution >= 0.6 is 11.8 Å². The molecule has 39 heavy (non-hydrogen) atoms. The van der Waals surface area contributed by atoms with E-state index in [1.807, 2.05) is 11.8 Å². The molecule has 0 radical (unpaired) electrons. The van der Waals surface area contributed by atoms with E-state index in [0.717, 1.165) is 0 Å². The summed E-state index contributed by atoms with van der Waals surface area (Å²) < 4.78 is 0. The van der Waals surface area contributed by atoms with Crippen LogP contribution in [-0.4, -0.2) is 0 Å². The normalized spacial score (nSPS) is 13.3. The van der Waals surface area contributed by atoms with Crippen LogP contribution in [0, 0.1) is 55.4 Å². The van der Waals surface area contributed by atoms with Crippen LogP contribution in [0.25, 0.3) is 12.2 Å². The summed E-state index contributed by atoms with van der Waals surface area (Å²) in [5, 5.41) is 0.418. The summed E-state index contributed by atoms with van der Waals surface area (Å²) >= 11 is 2.02. The van der Waals surface area contributed by atoms with Gasteiger partial charge in [0, 0.05) is 10.5 Å². The van der Waals surface area contributed by atoms with Gasteiger partial charge in [-0.1, -0.05) is 119 Å². The molecule has 0 aliphatic heterocycles. The molecule has 0 fully saturated rings. The van der Waals surface area contributed by atoms with Gasteiger partial charge in [0.25, 0.3) is 0 Å². The van der Waals surface area contributed by atoms with E-state index in [4.69, 9.17) is 0 Å². The zero-order valence-corrected chi connectivity index (χ0v) is 25.6. The molecule has 2 unspecified atom stereocenters. The third kappa shape index (κ3) is 7.43. The lowest BCUT2D eigenvalue weighted by Gasteiger charge is -2.23. The maximum atomic E-state index is 2.40. The first-order valence-electron chi connectivity index (χ1n) is 13.9. The van der Waals surface area contributed by atoms with Crippen molar-refractivity contribution in [1.29, 1.82) is 0 Å². The molecule has 0 aromatic heterocycles. The number of hydrogen-bond acceptors (Lipinski definition) is 1. The van der Waals surface area contributed by atoms with Gasteiger partial charge in [-0.15, -0.1) is 11.8 Å². The average molecular weight is 531 g/mol. The first-order valence-corrected chi connectivity index (χ1v) is 14.9. The van der Waals surface area contributed by atoms with Crippen LogP contribution in [0.4, 0.5) is 0 Å². The SMILES string of the molecule is Cc1ccc(/C=C\C(SC(/C=C\c2ccc(C)cc2C)c2ccc(C)cc2C)c2ccc(C)cc2C)c(C)c1. The molecule has 0 aliphatic rings. The first-order chi connectivity index (χ1) is 18.6. The number of aryl methyl sites for hydroxylation is 8. The minimum absolute atomic E-state index is 0.209. The summed E-state index contributed by atoms with van der Waals surface area (Å²) in [4.78, 5) is 0. The van der Waals surface area contributed by atoms with Gasteiger partial charge in [-0.25, -0.2) is 0 Å². The topological polar surface area (TPSA) is 0 Å². The molecule has 0 amide bonds. The average Bonchev–Trinajstić information content (AvgIpc) is 2.86. The molecule has 2 atom stereocenters. The largest absolute Gasteiger partial charge is 0.137 e. The zero-order chi connectivity index (χ0) is 28.1. The molecule has 1 heteroatoms. The monoisotopic (exact) mass is 530 g/mol. The van der Waals surface area contributed by atoms with Crippen molar-refractivity contribution in [3.05, 3.63) is 152 Å². The second-order valence-electron chi connectivity index (χ2n) is 11.1. The Morgan fingerprint density at radius 2 is 0.769 bits per heavy atom. The molecule has 200 valence electrons. The first kappa shape index (κ1) is 28.7. The van der Waals surface area contributed by atoms with Crippen LogP contribution in [0.2, 0.25) is 0 Å². The zero-order valence-electron chi connectivity index (χ0n) is 24.8. The van der Waals surface area contributed by atoms with E-state index >= 15 is 0 Å².